The molecule has 88 valence electrons. The predicted octanol–water partition coefficient (Wildman–Crippen LogP) is 1.20. The number of nitrogens with two attached hydrogens (primary N) is 2. The molecule has 0 saturated heterocycles. The highest BCUT2D eigenvalue weighted by Crippen LogP contribution is 2.23. The Hall–Kier alpha value is -2.21. The first-order chi connectivity index (χ1) is 8.15. The second-order valence-corrected chi connectivity index (χ2v) is 3.70. The molecule has 1 aromatic heterocycles. The van der Waals surface area contributed by atoms with Crippen molar-refractivity contribution in [2.75, 3.05) is 5.73 Å². The summed E-state index contributed by atoms with van der Waals surface area (Å²) in [5.74, 6) is 0.161. The average Bonchev–Trinajstić information content (AvgIpc) is 2.71. The van der Waals surface area contributed by atoms with Crippen molar-refractivity contribution in [3.63, 3.8) is 0 Å². The fourth-order valence-electron chi connectivity index (χ4n) is 1.42. The van der Waals surface area contributed by atoms with Crippen molar-refractivity contribution in [2.45, 2.75) is 0 Å². The van der Waals surface area contributed by atoms with Gasteiger partial charge < -0.3 is 16.7 Å². The van der Waals surface area contributed by atoms with Gasteiger partial charge in [0.15, 0.2) is 5.84 Å². The fourth-order valence-corrected chi connectivity index (χ4v) is 1.64. The maximum Gasteiger partial charge on any atom is 0.175 e. The predicted molar refractivity (Wildman–Crippen MR) is 65.5 cm³/mol. The zero-order valence-electron chi connectivity index (χ0n) is 8.71. The minimum atomic E-state index is -0.0965. The Morgan fingerprint density at radius 1 is 1.41 bits per heavy atom. The molecular weight excluding hydrogens is 242 g/mol. The van der Waals surface area contributed by atoms with E-state index in [2.05, 4.69) is 10.3 Å². The van der Waals surface area contributed by atoms with E-state index in [0.29, 0.717) is 16.3 Å². The molecule has 0 aliphatic rings. The first-order valence-electron chi connectivity index (χ1n) is 4.71. The fraction of sp³-hybridized carbons (Fsp3) is 0. The van der Waals surface area contributed by atoms with Crippen LogP contribution in [0.15, 0.2) is 35.6 Å². The molecule has 0 radical (unpaired) electrons. The van der Waals surface area contributed by atoms with Gasteiger partial charge >= 0.3 is 0 Å². The Labute approximate surface area is 102 Å². The summed E-state index contributed by atoms with van der Waals surface area (Å²) in [7, 11) is 0. The SMILES string of the molecule is NC(=NO)c1cnn(-c2ccccc2Cl)c1N. The largest absolute Gasteiger partial charge is 0.409 e. The first kappa shape index (κ1) is 11.3. The maximum absolute atomic E-state index is 8.59. The number of aromatic nitrogens is 2. The number of amidine groups is 1. The van der Waals surface area contributed by atoms with Gasteiger partial charge in [0.2, 0.25) is 0 Å². The van der Waals surface area contributed by atoms with Crippen molar-refractivity contribution in [3.05, 3.63) is 41.0 Å². The molecule has 2 aromatic rings. The van der Waals surface area contributed by atoms with Crippen LogP contribution in [0.4, 0.5) is 5.82 Å². The molecule has 0 spiro atoms. The number of hydrogen-bond donors (Lipinski definition) is 3. The third-order valence-electron chi connectivity index (χ3n) is 2.27. The zero-order chi connectivity index (χ0) is 12.4. The molecule has 1 aromatic carbocycles. The molecule has 0 aliphatic carbocycles. The van der Waals surface area contributed by atoms with Crippen LogP contribution in [0.2, 0.25) is 5.02 Å². The summed E-state index contributed by atoms with van der Waals surface area (Å²) in [6.07, 6.45) is 1.41. The summed E-state index contributed by atoms with van der Waals surface area (Å²) in [6, 6.07) is 7.10. The number of oxime groups is 1. The van der Waals surface area contributed by atoms with Gasteiger partial charge in [-0.05, 0) is 12.1 Å². The third-order valence-corrected chi connectivity index (χ3v) is 2.59. The van der Waals surface area contributed by atoms with Crippen LogP contribution in [-0.4, -0.2) is 20.8 Å². The minimum absolute atomic E-state index is 0.0965. The van der Waals surface area contributed by atoms with E-state index in [4.69, 9.17) is 28.3 Å². The highest BCUT2D eigenvalue weighted by molar-refractivity contribution is 6.32. The van der Waals surface area contributed by atoms with Gasteiger partial charge in [-0.15, -0.1) is 0 Å². The molecule has 0 bridgehead atoms. The molecule has 0 fully saturated rings. The van der Waals surface area contributed by atoms with Crippen LogP contribution in [0.1, 0.15) is 5.56 Å². The lowest BCUT2D eigenvalue weighted by Crippen LogP contribution is -2.15. The van der Waals surface area contributed by atoms with E-state index in [1.165, 1.54) is 10.9 Å². The quantitative estimate of drug-likeness (QED) is 0.323. The Balaban J connectivity index is 2.56. The first-order valence-corrected chi connectivity index (χ1v) is 5.09. The van der Waals surface area contributed by atoms with Gasteiger partial charge in [-0.25, -0.2) is 4.68 Å². The molecule has 2 rings (SSSR count). The maximum atomic E-state index is 8.59. The monoisotopic (exact) mass is 251 g/mol. The van der Waals surface area contributed by atoms with Gasteiger partial charge in [-0.1, -0.05) is 28.9 Å². The number of anilines is 1. The zero-order valence-corrected chi connectivity index (χ0v) is 9.46. The van der Waals surface area contributed by atoms with Gasteiger partial charge in [0, 0.05) is 0 Å². The molecule has 0 saturated carbocycles. The number of rotatable bonds is 2. The van der Waals surface area contributed by atoms with E-state index in [0.717, 1.165) is 0 Å². The molecule has 0 unspecified atom stereocenters. The topological polar surface area (TPSA) is 102 Å². The Bertz CT molecular complexity index is 578. The smallest absolute Gasteiger partial charge is 0.175 e. The van der Waals surface area contributed by atoms with E-state index in [9.17, 15) is 0 Å². The second kappa shape index (κ2) is 4.34. The van der Waals surface area contributed by atoms with Crippen LogP contribution in [0, 0.1) is 0 Å². The van der Waals surface area contributed by atoms with Crippen molar-refractivity contribution < 1.29 is 5.21 Å². The van der Waals surface area contributed by atoms with E-state index < -0.39 is 0 Å². The molecule has 0 amide bonds. The third kappa shape index (κ3) is 1.90. The van der Waals surface area contributed by atoms with E-state index >= 15 is 0 Å². The normalized spacial score (nSPS) is 11.7. The summed E-state index contributed by atoms with van der Waals surface area (Å²) in [5.41, 5.74) is 12.3. The van der Waals surface area contributed by atoms with E-state index in [-0.39, 0.29) is 11.7 Å². The molecule has 0 atom stereocenters. The average molecular weight is 252 g/mol. The lowest BCUT2D eigenvalue weighted by molar-refractivity contribution is 0.318. The van der Waals surface area contributed by atoms with Gasteiger partial charge in [0.1, 0.15) is 5.82 Å². The highest BCUT2D eigenvalue weighted by Gasteiger charge is 2.13. The second-order valence-electron chi connectivity index (χ2n) is 3.29. The number of hydrogen-bond acceptors (Lipinski definition) is 4. The highest BCUT2D eigenvalue weighted by atomic mass is 35.5. The van der Waals surface area contributed by atoms with Crippen molar-refractivity contribution in [1.82, 2.24) is 9.78 Å². The summed E-state index contributed by atoms with van der Waals surface area (Å²) in [6.45, 7) is 0. The minimum Gasteiger partial charge on any atom is -0.409 e. The van der Waals surface area contributed by atoms with Crippen LogP contribution >= 0.6 is 11.6 Å². The number of benzene rings is 1. The summed E-state index contributed by atoms with van der Waals surface area (Å²) < 4.78 is 1.43. The summed E-state index contributed by atoms with van der Waals surface area (Å²) in [4.78, 5) is 0. The number of nitrogens with zero attached hydrogens (tertiary/aromatic N) is 3. The van der Waals surface area contributed by atoms with Crippen LogP contribution < -0.4 is 11.5 Å². The Morgan fingerprint density at radius 3 is 2.76 bits per heavy atom. The Kier molecular flexibility index (Phi) is 2.88. The van der Waals surface area contributed by atoms with Crippen LogP contribution in [0.5, 0.6) is 0 Å². The van der Waals surface area contributed by atoms with Crippen LogP contribution in [0.3, 0.4) is 0 Å². The van der Waals surface area contributed by atoms with Crippen molar-refractivity contribution in [1.29, 1.82) is 0 Å². The number of halogens is 1. The Morgan fingerprint density at radius 2 is 2.12 bits per heavy atom. The molecule has 0 aliphatic heterocycles. The number of nitrogen functional groups attached to an aromatic ring is 1. The van der Waals surface area contributed by atoms with Gasteiger partial charge in [0.05, 0.1) is 22.5 Å². The summed E-state index contributed by atoms with van der Waals surface area (Å²) in [5, 5.41) is 16.0. The molecule has 6 nitrogen and oxygen atoms in total. The number of para-hydroxylation sites is 1. The van der Waals surface area contributed by atoms with E-state index in [1.807, 2.05) is 6.07 Å². The van der Waals surface area contributed by atoms with Gasteiger partial charge in [0.25, 0.3) is 0 Å². The van der Waals surface area contributed by atoms with E-state index in [1.54, 1.807) is 18.2 Å². The van der Waals surface area contributed by atoms with Gasteiger partial charge in [-0.2, -0.15) is 5.10 Å². The molecule has 17 heavy (non-hydrogen) atoms. The molecule has 1 heterocycles. The lowest BCUT2D eigenvalue weighted by atomic mass is 10.3. The molecule has 5 N–H and O–H groups in total. The van der Waals surface area contributed by atoms with Crippen molar-refractivity contribution in [2.24, 2.45) is 10.9 Å². The molecule has 7 heteroatoms. The van der Waals surface area contributed by atoms with Crippen molar-refractivity contribution in [3.8, 4) is 5.69 Å². The van der Waals surface area contributed by atoms with Gasteiger partial charge in [-0.3, -0.25) is 0 Å². The lowest BCUT2D eigenvalue weighted by Gasteiger charge is -2.06. The van der Waals surface area contributed by atoms with Crippen LogP contribution in [-0.2, 0) is 0 Å². The molecular formula is C10H10ClN5O. The summed E-state index contributed by atoms with van der Waals surface area (Å²) >= 11 is 6.03. The van der Waals surface area contributed by atoms with Crippen molar-refractivity contribution >= 4 is 23.3 Å². The van der Waals surface area contributed by atoms with Crippen LogP contribution in [0.25, 0.3) is 5.69 Å². The standard InChI is InChI=1S/C10H10ClN5O/c11-7-3-1-2-4-8(7)16-10(13)6(5-14-16)9(12)15-17/h1-5,17H,13H2,(H2,12,15).